The van der Waals surface area contributed by atoms with Gasteiger partial charge in [-0.15, -0.1) is 0 Å². The zero-order chi connectivity index (χ0) is 20.4. The van der Waals surface area contributed by atoms with Gasteiger partial charge in [0.2, 0.25) is 0 Å². The first-order valence-electron chi connectivity index (χ1n) is 10.1. The van der Waals surface area contributed by atoms with Gasteiger partial charge < -0.3 is 15.3 Å². The molecule has 5 heteroatoms. The van der Waals surface area contributed by atoms with Crippen LogP contribution in [-0.4, -0.2) is 31.2 Å². The highest BCUT2D eigenvalue weighted by molar-refractivity contribution is 5.76. The van der Waals surface area contributed by atoms with E-state index in [0.717, 1.165) is 35.5 Å². The number of aromatic nitrogens is 2. The Hall–Kier alpha value is -3.05. The van der Waals surface area contributed by atoms with Gasteiger partial charge in [-0.05, 0) is 61.3 Å². The summed E-state index contributed by atoms with van der Waals surface area (Å²) in [6, 6.07) is 7.05. The largest absolute Gasteiger partial charge is 0.508 e. The molecule has 0 bridgehead atoms. The number of allylic oxidation sites excluding steroid dienone is 5. The molecule has 0 spiro atoms. The fraction of sp³-hybridized carbons (Fsp3) is 0.292. The summed E-state index contributed by atoms with van der Waals surface area (Å²) in [7, 11) is 0. The van der Waals surface area contributed by atoms with Crippen LogP contribution in [0, 0.1) is 0 Å². The second-order valence-corrected chi connectivity index (χ2v) is 7.54. The number of benzene rings is 1. The first-order valence-corrected chi connectivity index (χ1v) is 10.1. The zero-order valence-corrected chi connectivity index (χ0v) is 16.5. The average Bonchev–Trinajstić information content (AvgIpc) is 3.09. The van der Waals surface area contributed by atoms with E-state index in [1.54, 1.807) is 18.2 Å². The minimum absolute atomic E-state index is 0.0984. The smallest absolute Gasteiger partial charge is 0.115 e. The average molecular weight is 390 g/mol. The van der Waals surface area contributed by atoms with E-state index < -0.39 is 6.10 Å². The lowest BCUT2D eigenvalue weighted by atomic mass is 9.89. The summed E-state index contributed by atoms with van der Waals surface area (Å²) >= 11 is 0. The maximum Gasteiger partial charge on any atom is 0.115 e. The normalized spacial score (nSPS) is 21.2. The minimum atomic E-state index is -0.443. The van der Waals surface area contributed by atoms with Gasteiger partial charge in [-0.2, -0.15) is 5.10 Å². The standard InChI is InChI=1S/C24H26N2O3/c1-2-3-22-23(16-4-10-19(27)11-5-16)25-26(18-8-14-21(29)15-9-18)24(22)17-6-12-20(28)13-7-17/h4-6,8-10,12-15,17,19,27-29H,2-3,7,11H2,1H3. The van der Waals surface area contributed by atoms with Gasteiger partial charge in [-0.1, -0.05) is 37.6 Å². The lowest BCUT2D eigenvalue weighted by Gasteiger charge is -2.19. The summed E-state index contributed by atoms with van der Waals surface area (Å²) in [6.07, 6.45) is 14.1. The van der Waals surface area contributed by atoms with E-state index in [1.807, 2.05) is 47.2 Å². The molecule has 0 fully saturated rings. The van der Waals surface area contributed by atoms with E-state index >= 15 is 0 Å². The number of aliphatic hydroxyl groups excluding tert-OH is 2. The summed E-state index contributed by atoms with van der Waals surface area (Å²) in [5.41, 5.74) is 5.14. The van der Waals surface area contributed by atoms with Crippen LogP contribution >= 0.6 is 0 Å². The Bertz CT molecular complexity index is 1010. The molecule has 0 aliphatic heterocycles. The molecule has 2 atom stereocenters. The van der Waals surface area contributed by atoms with Crippen molar-refractivity contribution in [3.63, 3.8) is 0 Å². The number of phenols is 1. The fourth-order valence-corrected chi connectivity index (χ4v) is 3.96. The maximum atomic E-state index is 9.82. The van der Waals surface area contributed by atoms with Gasteiger partial charge in [0.05, 0.1) is 23.2 Å². The van der Waals surface area contributed by atoms with Crippen molar-refractivity contribution in [2.45, 2.75) is 44.6 Å². The minimum Gasteiger partial charge on any atom is -0.508 e. The first kappa shape index (κ1) is 19.3. The van der Waals surface area contributed by atoms with Crippen LogP contribution in [0.3, 0.4) is 0 Å². The Morgan fingerprint density at radius 2 is 1.83 bits per heavy atom. The molecule has 2 aliphatic rings. The lowest BCUT2D eigenvalue weighted by Crippen LogP contribution is -2.09. The first-order chi connectivity index (χ1) is 14.1. The monoisotopic (exact) mass is 390 g/mol. The van der Waals surface area contributed by atoms with Crippen LogP contribution in [0.25, 0.3) is 11.3 Å². The van der Waals surface area contributed by atoms with E-state index in [9.17, 15) is 15.3 Å². The molecule has 4 rings (SSSR count). The molecule has 29 heavy (non-hydrogen) atoms. The molecule has 0 saturated carbocycles. The van der Waals surface area contributed by atoms with Crippen molar-refractivity contribution in [3.8, 4) is 11.4 Å². The number of nitrogens with zero attached hydrogens (tertiary/aromatic N) is 2. The Labute approximate surface area is 170 Å². The van der Waals surface area contributed by atoms with Crippen LogP contribution in [0.5, 0.6) is 5.75 Å². The SMILES string of the molecule is CCCc1c(C2=CCC(O)C=C2)nn(-c2ccc(O)cc2)c1C1C=CC(O)=CC1. The highest BCUT2D eigenvalue weighted by Gasteiger charge is 2.26. The van der Waals surface area contributed by atoms with Crippen molar-refractivity contribution in [2.24, 2.45) is 0 Å². The van der Waals surface area contributed by atoms with Crippen molar-refractivity contribution >= 4 is 5.57 Å². The van der Waals surface area contributed by atoms with E-state index in [4.69, 9.17) is 5.10 Å². The molecule has 2 aromatic rings. The summed E-state index contributed by atoms with van der Waals surface area (Å²) in [5.74, 6) is 0.608. The van der Waals surface area contributed by atoms with Crippen molar-refractivity contribution < 1.29 is 15.3 Å². The van der Waals surface area contributed by atoms with E-state index in [2.05, 4.69) is 6.92 Å². The molecule has 2 unspecified atom stereocenters. The Kier molecular flexibility index (Phi) is 5.41. The molecule has 1 heterocycles. The summed E-state index contributed by atoms with van der Waals surface area (Å²) in [6.45, 7) is 2.16. The second-order valence-electron chi connectivity index (χ2n) is 7.54. The lowest BCUT2D eigenvalue weighted by molar-refractivity contribution is 0.226. The van der Waals surface area contributed by atoms with Crippen LogP contribution < -0.4 is 0 Å². The Morgan fingerprint density at radius 1 is 1.03 bits per heavy atom. The summed E-state index contributed by atoms with van der Waals surface area (Å²) in [4.78, 5) is 0. The van der Waals surface area contributed by atoms with Gasteiger partial charge in [0.25, 0.3) is 0 Å². The fourth-order valence-electron chi connectivity index (χ4n) is 3.96. The van der Waals surface area contributed by atoms with Crippen molar-refractivity contribution in [1.29, 1.82) is 0 Å². The third-order valence-electron chi connectivity index (χ3n) is 5.40. The van der Waals surface area contributed by atoms with Crippen molar-refractivity contribution in [1.82, 2.24) is 9.78 Å². The van der Waals surface area contributed by atoms with Crippen molar-refractivity contribution in [3.05, 3.63) is 83.4 Å². The molecule has 5 nitrogen and oxygen atoms in total. The molecule has 3 N–H and O–H groups in total. The topological polar surface area (TPSA) is 78.5 Å². The highest BCUT2D eigenvalue weighted by atomic mass is 16.3. The quantitative estimate of drug-likeness (QED) is 0.690. The van der Waals surface area contributed by atoms with Crippen LogP contribution in [0.15, 0.2) is 66.5 Å². The van der Waals surface area contributed by atoms with Gasteiger partial charge in [0, 0.05) is 11.5 Å². The molecular weight excluding hydrogens is 364 g/mol. The van der Waals surface area contributed by atoms with Gasteiger partial charge in [-0.3, -0.25) is 0 Å². The molecule has 0 amide bonds. The van der Waals surface area contributed by atoms with Crippen LogP contribution in [0.2, 0.25) is 0 Å². The van der Waals surface area contributed by atoms with Gasteiger partial charge >= 0.3 is 0 Å². The van der Waals surface area contributed by atoms with Gasteiger partial charge in [0.1, 0.15) is 11.5 Å². The number of hydrogen-bond donors (Lipinski definition) is 3. The molecule has 150 valence electrons. The molecule has 0 saturated heterocycles. The number of aromatic hydroxyl groups is 1. The van der Waals surface area contributed by atoms with Gasteiger partial charge in [-0.25, -0.2) is 4.68 Å². The second kappa shape index (κ2) is 8.13. The van der Waals surface area contributed by atoms with E-state index in [1.165, 1.54) is 5.56 Å². The van der Waals surface area contributed by atoms with E-state index in [0.29, 0.717) is 18.6 Å². The summed E-state index contributed by atoms with van der Waals surface area (Å²) < 4.78 is 1.96. The Morgan fingerprint density at radius 3 is 2.45 bits per heavy atom. The predicted octanol–water partition coefficient (Wildman–Crippen LogP) is 4.72. The van der Waals surface area contributed by atoms with E-state index in [-0.39, 0.29) is 11.7 Å². The van der Waals surface area contributed by atoms with Crippen LogP contribution in [0.1, 0.15) is 49.1 Å². The van der Waals surface area contributed by atoms with Crippen LogP contribution in [-0.2, 0) is 6.42 Å². The number of phenolic OH excluding ortho intramolecular Hbond substituents is 1. The Balaban J connectivity index is 1.89. The molecule has 1 aromatic heterocycles. The molecule has 0 radical (unpaired) electrons. The maximum absolute atomic E-state index is 9.82. The third-order valence-corrected chi connectivity index (χ3v) is 5.40. The highest BCUT2D eigenvalue weighted by Crippen LogP contribution is 2.36. The molecule has 1 aromatic carbocycles. The number of hydrogen-bond acceptors (Lipinski definition) is 4. The molecule has 2 aliphatic carbocycles. The van der Waals surface area contributed by atoms with Gasteiger partial charge in [0.15, 0.2) is 0 Å². The predicted molar refractivity (Wildman–Crippen MR) is 114 cm³/mol. The third kappa shape index (κ3) is 3.91. The number of aliphatic hydroxyl groups is 2. The van der Waals surface area contributed by atoms with Crippen molar-refractivity contribution in [2.75, 3.05) is 0 Å². The zero-order valence-electron chi connectivity index (χ0n) is 16.5. The number of rotatable bonds is 5. The van der Waals surface area contributed by atoms with Crippen LogP contribution in [0.4, 0.5) is 0 Å². The summed E-state index contributed by atoms with van der Waals surface area (Å²) in [5, 5.41) is 34.3. The molecular formula is C24H26N2O3.